The zero-order valence-corrected chi connectivity index (χ0v) is 16.2. The quantitative estimate of drug-likeness (QED) is 0.579. The molecule has 1 fully saturated rings. The van der Waals surface area contributed by atoms with Gasteiger partial charge in [-0.3, -0.25) is 4.79 Å². The zero-order valence-electron chi connectivity index (χ0n) is 16.2. The van der Waals surface area contributed by atoms with E-state index in [9.17, 15) is 9.18 Å². The van der Waals surface area contributed by atoms with Crippen molar-refractivity contribution in [3.63, 3.8) is 0 Å². The van der Waals surface area contributed by atoms with Crippen molar-refractivity contribution in [3.05, 3.63) is 76.6 Å². The lowest BCUT2D eigenvalue weighted by Crippen LogP contribution is -2.43. The maximum Gasteiger partial charge on any atom is 0.165 e. The molecule has 1 saturated heterocycles. The van der Waals surface area contributed by atoms with Gasteiger partial charge in [0.1, 0.15) is 5.82 Å². The fourth-order valence-corrected chi connectivity index (χ4v) is 5.52. The molecule has 0 saturated carbocycles. The highest BCUT2D eigenvalue weighted by molar-refractivity contribution is 6.05. The van der Waals surface area contributed by atoms with E-state index in [2.05, 4.69) is 41.3 Å². The van der Waals surface area contributed by atoms with Crippen LogP contribution in [0.5, 0.6) is 0 Å². The van der Waals surface area contributed by atoms with Crippen LogP contribution in [-0.2, 0) is 23.4 Å². The van der Waals surface area contributed by atoms with Crippen molar-refractivity contribution < 1.29 is 13.9 Å². The Morgan fingerprint density at radius 1 is 0.931 bits per heavy atom. The van der Waals surface area contributed by atoms with Gasteiger partial charge in [0.25, 0.3) is 0 Å². The number of nitrogens with zero attached hydrogens (tertiary/aromatic N) is 1. The van der Waals surface area contributed by atoms with Gasteiger partial charge in [-0.05, 0) is 53.3 Å². The topological polar surface area (TPSA) is 29.5 Å². The maximum absolute atomic E-state index is 14.2. The van der Waals surface area contributed by atoms with Crippen molar-refractivity contribution in [2.45, 2.75) is 37.9 Å². The predicted molar refractivity (Wildman–Crippen MR) is 111 cm³/mol. The molecule has 0 amide bonds. The Morgan fingerprint density at radius 3 is 2.62 bits per heavy atom. The first-order valence-electron chi connectivity index (χ1n) is 10.4. The molecule has 0 unspecified atom stereocenters. The molecule has 4 heteroatoms. The summed E-state index contributed by atoms with van der Waals surface area (Å²) in [5.74, 6) is -0.174. The number of ketones is 1. The highest BCUT2D eigenvalue weighted by Gasteiger charge is 2.43. The lowest BCUT2D eigenvalue weighted by atomic mass is 9.82. The number of piperidine rings is 1. The Balaban J connectivity index is 1.33. The lowest BCUT2D eigenvalue weighted by Gasteiger charge is -2.41. The number of rotatable bonds is 1. The molecular weight excluding hydrogens is 365 g/mol. The van der Waals surface area contributed by atoms with Gasteiger partial charge in [0, 0.05) is 36.3 Å². The normalized spacial score (nSPS) is 19.8. The van der Waals surface area contributed by atoms with Crippen LogP contribution in [0.25, 0.3) is 10.8 Å². The molecular formula is C25H22FNO2. The van der Waals surface area contributed by atoms with Gasteiger partial charge in [0.05, 0.1) is 12.2 Å². The average molecular weight is 387 g/mol. The van der Waals surface area contributed by atoms with Gasteiger partial charge in [-0.1, -0.05) is 36.4 Å². The third-order valence-corrected chi connectivity index (χ3v) is 7.05. The number of ether oxygens (including phenoxy) is 1. The summed E-state index contributed by atoms with van der Waals surface area (Å²) in [4.78, 5) is 14.6. The zero-order chi connectivity index (χ0) is 19.6. The van der Waals surface area contributed by atoms with Crippen LogP contribution in [-0.4, -0.2) is 18.9 Å². The molecule has 0 aromatic heterocycles. The van der Waals surface area contributed by atoms with Crippen LogP contribution < -0.4 is 4.90 Å². The van der Waals surface area contributed by atoms with Gasteiger partial charge in [-0.15, -0.1) is 0 Å². The van der Waals surface area contributed by atoms with Crippen molar-refractivity contribution in [3.8, 4) is 0 Å². The summed E-state index contributed by atoms with van der Waals surface area (Å²) >= 11 is 0. The first-order chi connectivity index (χ1) is 14.2. The Labute approximate surface area is 169 Å². The van der Waals surface area contributed by atoms with Crippen molar-refractivity contribution in [2.24, 2.45) is 0 Å². The summed E-state index contributed by atoms with van der Waals surface area (Å²) in [5, 5.41) is 2.54. The van der Waals surface area contributed by atoms with E-state index in [1.807, 2.05) is 0 Å². The smallest absolute Gasteiger partial charge is 0.165 e. The Hall–Kier alpha value is -2.72. The summed E-state index contributed by atoms with van der Waals surface area (Å²) in [6.07, 6.45) is 2.69. The Morgan fingerprint density at radius 2 is 1.76 bits per heavy atom. The Kier molecular flexibility index (Phi) is 3.63. The van der Waals surface area contributed by atoms with E-state index in [4.69, 9.17) is 4.74 Å². The van der Waals surface area contributed by atoms with Gasteiger partial charge in [-0.25, -0.2) is 4.39 Å². The third kappa shape index (κ3) is 2.42. The van der Waals surface area contributed by atoms with E-state index in [-0.39, 0.29) is 17.2 Å². The standard InChI is InChI=1S/C25H22FNO2/c26-21-8-9-22(24-18(21)6-10-23(24)28)27-13-11-25(12-14-27)20-7-5-16-3-1-2-4-17(16)19(20)15-29-25/h1-5,7-9H,6,10-15H2. The average Bonchev–Trinajstić information content (AvgIpc) is 3.32. The molecule has 3 aromatic rings. The molecule has 146 valence electrons. The SMILES string of the molecule is O=C1CCc2c(F)ccc(N3CCC4(CC3)OCc3c4ccc4ccccc34)c21. The van der Waals surface area contributed by atoms with Gasteiger partial charge >= 0.3 is 0 Å². The predicted octanol–water partition coefficient (Wildman–Crippen LogP) is 5.13. The van der Waals surface area contributed by atoms with Crippen LogP contribution in [0.2, 0.25) is 0 Å². The number of Topliss-reactive ketones (excluding diaryl/α,β-unsaturated/α-hetero) is 1. The van der Waals surface area contributed by atoms with Crippen molar-refractivity contribution in [2.75, 3.05) is 18.0 Å². The van der Waals surface area contributed by atoms with Crippen LogP contribution in [0.3, 0.4) is 0 Å². The lowest BCUT2D eigenvalue weighted by molar-refractivity contribution is -0.0550. The van der Waals surface area contributed by atoms with Crippen LogP contribution in [0.4, 0.5) is 10.1 Å². The molecule has 0 atom stereocenters. The van der Waals surface area contributed by atoms with Crippen LogP contribution in [0.1, 0.15) is 46.3 Å². The van der Waals surface area contributed by atoms with E-state index >= 15 is 0 Å². The van der Waals surface area contributed by atoms with E-state index in [1.54, 1.807) is 6.07 Å². The van der Waals surface area contributed by atoms with Crippen molar-refractivity contribution in [1.29, 1.82) is 0 Å². The van der Waals surface area contributed by atoms with Gasteiger partial charge in [0.2, 0.25) is 0 Å². The second-order valence-corrected chi connectivity index (χ2v) is 8.43. The number of hydrogen-bond donors (Lipinski definition) is 0. The monoisotopic (exact) mass is 387 g/mol. The molecule has 0 N–H and O–H groups in total. The van der Waals surface area contributed by atoms with Crippen LogP contribution in [0, 0.1) is 5.82 Å². The minimum Gasteiger partial charge on any atom is -0.371 e. The molecule has 2 heterocycles. The number of fused-ring (bicyclic) bond motifs is 5. The molecule has 3 nitrogen and oxygen atoms in total. The van der Waals surface area contributed by atoms with Gasteiger partial charge < -0.3 is 9.64 Å². The summed E-state index contributed by atoms with van der Waals surface area (Å²) in [7, 11) is 0. The first-order valence-corrected chi connectivity index (χ1v) is 10.4. The molecule has 0 radical (unpaired) electrons. The van der Waals surface area contributed by atoms with Crippen molar-refractivity contribution >= 4 is 22.2 Å². The fraction of sp³-hybridized carbons (Fsp3) is 0.320. The molecule has 0 bridgehead atoms. The molecule has 1 aliphatic carbocycles. The number of benzene rings is 3. The summed E-state index contributed by atoms with van der Waals surface area (Å²) in [6, 6.07) is 16.2. The molecule has 29 heavy (non-hydrogen) atoms. The number of carbonyl (C=O) groups excluding carboxylic acids is 1. The van der Waals surface area contributed by atoms with Gasteiger partial charge in [0.15, 0.2) is 5.78 Å². The number of hydrogen-bond acceptors (Lipinski definition) is 3. The fourth-order valence-electron chi connectivity index (χ4n) is 5.52. The van der Waals surface area contributed by atoms with E-state index in [1.165, 1.54) is 28.0 Å². The maximum atomic E-state index is 14.2. The third-order valence-electron chi connectivity index (χ3n) is 7.05. The highest BCUT2D eigenvalue weighted by atomic mass is 19.1. The second kappa shape index (κ2) is 6.14. The molecule has 3 aliphatic rings. The Bertz CT molecular complexity index is 1160. The summed E-state index contributed by atoms with van der Waals surface area (Å²) in [5.41, 5.74) is 4.49. The van der Waals surface area contributed by atoms with E-state index in [0.29, 0.717) is 30.6 Å². The van der Waals surface area contributed by atoms with Crippen LogP contribution in [0.15, 0.2) is 48.5 Å². The van der Waals surface area contributed by atoms with E-state index < -0.39 is 0 Å². The molecule has 6 rings (SSSR count). The highest BCUT2D eigenvalue weighted by Crippen LogP contribution is 2.47. The summed E-state index contributed by atoms with van der Waals surface area (Å²) in [6.45, 7) is 2.26. The van der Waals surface area contributed by atoms with E-state index in [0.717, 1.165) is 31.6 Å². The minimum absolute atomic E-state index is 0.0729. The molecule has 2 aliphatic heterocycles. The van der Waals surface area contributed by atoms with Crippen LogP contribution >= 0.6 is 0 Å². The molecule has 3 aromatic carbocycles. The summed E-state index contributed by atoms with van der Waals surface area (Å²) < 4.78 is 20.6. The van der Waals surface area contributed by atoms with Gasteiger partial charge in [-0.2, -0.15) is 0 Å². The largest absolute Gasteiger partial charge is 0.371 e. The number of halogens is 1. The first kappa shape index (κ1) is 17.2. The number of carbonyl (C=O) groups is 1. The molecule has 1 spiro atoms. The second-order valence-electron chi connectivity index (χ2n) is 8.43. The number of anilines is 1. The minimum atomic E-state index is -0.247. The van der Waals surface area contributed by atoms with Crippen molar-refractivity contribution in [1.82, 2.24) is 0 Å².